The van der Waals surface area contributed by atoms with Gasteiger partial charge in [-0.15, -0.1) is 0 Å². The number of allylic oxidation sites excluding steroid dienone is 2. The van der Waals surface area contributed by atoms with Gasteiger partial charge < -0.3 is 14.5 Å². The molecule has 11 heteroatoms. The maximum absolute atomic E-state index is 13.4. The van der Waals surface area contributed by atoms with E-state index in [1.54, 1.807) is 36.4 Å². The highest BCUT2D eigenvalue weighted by molar-refractivity contribution is 7.89. The lowest BCUT2D eigenvalue weighted by molar-refractivity contribution is 0.0633. The number of piperazine rings is 1. The van der Waals surface area contributed by atoms with E-state index in [0.29, 0.717) is 34.4 Å². The fourth-order valence-electron chi connectivity index (χ4n) is 4.55. The van der Waals surface area contributed by atoms with Crippen molar-refractivity contribution in [2.45, 2.75) is 23.5 Å². The summed E-state index contributed by atoms with van der Waals surface area (Å²) in [5.41, 5.74) is -0.900. The largest absolute Gasteiger partial charge is 0.468 e. The van der Waals surface area contributed by atoms with Gasteiger partial charge in [-0.1, -0.05) is 41.4 Å². The third-order valence-corrected chi connectivity index (χ3v) is 8.93. The molecule has 0 spiro atoms. The van der Waals surface area contributed by atoms with Crippen LogP contribution in [0.15, 0.2) is 71.7 Å². The number of rotatable bonds is 10. The first-order chi connectivity index (χ1) is 18.6. The quantitative estimate of drug-likeness (QED) is 0.415. The minimum atomic E-state index is -4.00. The van der Waals surface area contributed by atoms with Gasteiger partial charge in [0.25, 0.3) is 5.91 Å². The summed E-state index contributed by atoms with van der Waals surface area (Å²) in [6.45, 7) is 5.02. The fraction of sp³-hybridized carbons (Fsp3) is 0.393. The molecule has 1 unspecified atom stereocenters. The van der Waals surface area contributed by atoms with Crippen LogP contribution in [0.5, 0.6) is 5.75 Å². The number of sulfonamides is 1. The smallest absolute Gasteiger partial charge is 0.253 e. The monoisotopic (exact) mass is 592 g/mol. The van der Waals surface area contributed by atoms with E-state index >= 15 is 0 Å². The summed E-state index contributed by atoms with van der Waals surface area (Å²) in [7, 11) is 0.133. The fourth-order valence-corrected chi connectivity index (χ4v) is 6.10. The van der Waals surface area contributed by atoms with E-state index in [9.17, 15) is 13.2 Å². The number of amides is 1. The van der Waals surface area contributed by atoms with Crippen molar-refractivity contribution in [1.29, 1.82) is 0 Å². The maximum atomic E-state index is 13.4. The highest BCUT2D eigenvalue weighted by Gasteiger charge is 2.35. The average molecular weight is 594 g/mol. The van der Waals surface area contributed by atoms with E-state index in [1.807, 2.05) is 17.1 Å². The number of benzene rings is 2. The molecule has 2 aromatic carbocycles. The molecule has 1 heterocycles. The van der Waals surface area contributed by atoms with Crippen molar-refractivity contribution in [1.82, 2.24) is 19.4 Å². The Hall–Kier alpha value is -2.40. The maximum Gasteiger partial charge on any atom is 0.253 e. The molecule has 0 radical (unpaired) electrons. The van der Waals surface area contributed by atoms with Gasteiger partial charge in [0.2, 0.25) is 10.0 Å². The second kappa shape index (κ2) is 12.8. The summed E-state index contributed by atoms with van der Waals surface area (Å²) in [6, 6.07) is 10.8. The van der Waals surface area contributed by atoms with Crippen molar-refractivity contribution >= 4 is 39.1 Å². The van der Waals surface area contributed by atoms with Gasteiger partial charge in [-0.25, -0.2) is 8.42 Å². The molecule has 210 valence electrons. The molecule has 1 fully saturated rings. The first-order valence-corrected chi connectivity index (χ1v) is 15.1. The summed E-state index contributed by atoms with van der Waals surface area (Å²) in [4.78, 5) is 19.5. The molecule has 4 rings (SSSR count). The van der Waals surface area contributed by atoms with E-state index in [4.69, 9.17) is 27.9 Å². The third-order valence-electron chi connectivity index (χ3n) is 6.68. The van der Waals surface area contributed by atoms with Crippen molar-refractivity contribution in [2.75, 3.05) is 53.4 Å². The molecule has 39 heavy (non-hydrogen) atoms. The normalized spacial score (nSPS) is 20.0. The Kier molecular flexibility index (Phi) is 9.74. The average Bonchev–Trinajstić information content (AvgIpc) is 2.91. The molecule has 8 nitrogen and oxygen atoms in total. The first-order valence-electron chi connectivity index (χ1n) is 12.9. The van der Waals surface area contributed by atoms with Crippen LogP contribution in [-0.2, 0) is 10.0 Å². The number of carbonyl (C=O) groups is 1. The zero-order valence-corrected chi connectivity index (χ0v) is 24.5. The lowest BCUT2D eigenvalue weighted by Crippen LogP contribution is -2.51. The molecule has 1 saturated heterocycles. The molecule has 2 aliphatic rings. The Morgan fingerprint density at radius 1 is 1.03 bits per heavy atom. The van der Waals surface area contributed by atoms with Crippen molar-refractivity contribution < 1.29 is 17.9 Å². The van der Waals surface area contributed by atoms with Crippen LogP contribution in [0.2, 0.25) is 10.0 Å². The highest BCUT2D eigenvalue weighted by atomic mass is 35.5. The predicted molar refractivity (Wildman–Crippen MR) is 155 cm³/mol. The van der Waals surface area contributed by atoms with Crippen LogP contribution >= 0.6 is 23.2 Å². The van der Waals surface area contributed by atoms with E-state index in [-0.39, 0.29) is 17.2 Å². The molecule has 1 aliphatic carbocycles. The van der Waals surface area contributed by atoms with Gasteiger partial charge in [0, 0.05) is 44.2 Å². The van der Waals surface area contributed by atoms with Gasteiger partial charge in [0.1, 0.15) is 5.75 Å². The topological polar surface area (TPSA) is 82.2 Å². The summed E-state index contributed by atoms with van der Waals surface area (Å²) < 4.78 is 35.5. The Morgan fingerprint density at radius 2 is 1.74 bits per heavy atom. The Balaban J connectivity index is 1.40. The summed E-state index contributed by atoms with van der Waals surface area (Å²) >= 11 is 12.1. The number of carbonyl (C=O) groups excluding carboxylic acids is 1. The molecule has 2 aromatic rings. The van der Waals surface area contributed by atoms with Crippen molar-refractivity contribution in [3.63, 3.8) is 0 Å². The minimum absolute atomic E-state index is 0.0322. The van der Waals surface area contributed by atoms with Gasteiger partial charge in [-0.05, 0) is 76.1 Å². The number of nitrogens with one attached hydrogen (secondary N) is 1. The standard InChI is InChI=1S/C28H34Cl2N4O4S/c1-32(2)15-6-16-33-17-19-34(20-18-33)27(35)22-7-10-24(11-8-22)39(36,37)31-28(13-4-3-5-14-28)38-23-9-12-25(29)26(30)21-23/h3-5,7-13,21,31H,6,14-20H2,1-2H3. The molecule has 1 amide bonds. The zero-order valence-electron chi connectivity index (χ0n) is 22.1. The highest BCUT2D eigenvalue weighted by Crippen LogP contribution is 2.31. The molecule has 1 aliphatic heterocycles. The number of hydrogen-bond donors (Lipinski definition) is 1. The van der Waals surface area contributed by atoms with Gasteiger partial charge in [0.15, 0.2) is 5.72 Å². The molecular weight excluding hydrogens is 559 g/mol. The van der Waals surface area contributed by atoms with Crippen LogP contribution < -0.4 is 9.46 Å². The van der Waals surface area contributed by atoms with Gasteiger partial charge >= 0.3 is 0 Å². The molecule has 0 aromatic heterocycles. The molecule has 0 bridgehead atoms. The van der Waals surface area contributed by atoms with Crippen molar-refractivity contribution in [3.8, 4) is 5.75 Å². The Morgan fingerprint density at radius 3 is 2.36 bits per heavy atom. The number of hydrogen-bond acceptors (Lipinski definition) is 6. The third kappa shape index (κ3) is 7.84. The first kappa shape index (κ1) is 29.6. The SMILES string of the molecule is CN(C)CCCN1CCN(C(=O)c2ccc(S(=O)(=O)NC3(Oc4ccc(Cl)c(Cl)c4)C=CC=CC3)cc2)CC1. The van der Waals surface area contributed by atoms with E-state index in [0.717, 1.165) is 32.6 Å². The Labute approximate surface area is 240 Å². The second-order valence-electron chi connectivity index (χ2n) is 9.98. The van der Waals surface area contributed by atoms with Gasteiger partial charge in [-0.3, -0.25) is 9.69 Å². The summed E-state index contributed by atoms with van der Waals surface area (Å²) in [5, 5.41) is 0.669. The predicted octanol–water partition coefficient (Wildman–Crippen LogP) is 4.27. The summed E-state index contributed by atoms with van der Waals surface area (Å²) in [6.07, 6.45) is 8.34. The molecule has 1 atom stereocenters. The van der Waals surface area contributed by atoms with Crippen LogP contribution in [0.3, 0.4) is 0 Å². The molecule has 1 N–H and O–H groups in total. The van der Waals surface area contributed by atoms with Crippen LogP contribution in [0, 0.1) is 0 Å². The van der Waals surface area contributed by atoms with E-state index in [2.05, 4.69) is 28.6 Å². The van der Waals surface area contributed by atoms with Crippen LogP contribution in [0.25, 0.3) is 0 Å². The number of ether oxygens (including phenoxy) is 1. The summed E-state index contributed by atoms with van der Waals surface area (Å²) in [5.74, 6) is 0.269. The minimum Gasteiger partial charge on any atom is -0.468 e. The molecule has 0 saturated carbocycles. The van der Waals surface area contributed by atoms with Crippen LogP contribution in [-0.4, -0.2) is 88.1 Å². The Bertz CT molecular complexity index is 1320. The van der Waals surface area contributed by atoms with Gasteiger partial charge in [-0.2, -0.15) is 4.72 Å². The van der Waals surface area contributed by atoms with E-state index in [1.165, 1.54) is 18.2 Å². The number of nitrogens with zero attached hydrogens (tertiary/aromatic N) is 3. The van der Waals surface area contributed by atoms with Crippen LogP contribution in [0.1, 0.15) is 23.2 Å². The van der Waals surface area contributed by atoms with Crippen LogP contribution in [0.4, 0.5) is 0 Å². The zero-order chi connectivity index (χ0) is 28.0. The molecular formula is C28H34Cl2N4O4S. The van der Waals surface area contributed by atoms with Gasteiger partial charge in [0.05, 0.1) is 14.9 Å². The number of halogens is 2. The van der Waals surface area contributed by atoms with E-state index < -0.39 is 15.7 Å². The lowest BCUT2D eigenvalue weighted by atomic mass is 10.1. The second-order valence-corrected chi connectivity index (χ2v) is 12.5. The lowest BCUT2D eigenvalue weighted by Gasteiger charge is -2.35. The van der Waals surface area contributed by atoms with Crippen molar-refractivity contribution in [3.05, 3.63) is 82.4 Å². The van der Waals surface area contributed by atoms with Crippen molar-refractivity contribution in [2.24, 2.45) is 0 Å².